The van der Waals surface area contributed by atoms with Crippen molar-refractivity contribution in [1.29, 1.82) is 0 Å². The van der Waals surface area contributed by atoms with Gasteiger partial charge in [0.1, 0.15) is 11.6 Å². The minimum absolute atomic E-state index is 0.0991. The van der Waals surface area contributed by atoms with Gasteiger partial charge >= 0.3 is 0 Å². The fourth-order valence-electron chi connectivity index (χ4n) is 4.15. The number of carbonyl (C=O) groups is 2. The van der Waals surface area contributed by atoms with Gasteiger partial charge in [0.2, 0.25) is 5.60 Å². The summed E-state index contributed by atoms with van der Waals surface area (Å²) in [6, 6.07) is 20.3. The summed E-state index contributed by atoms with van der Waals surface area (Å²) in [5.41, 5.74) is -0.536. The van der Waals surface area contributed by atoms with Crippen LogP contribution in [0.1, 0.15) is 12.0 Å². The number of benzene rings is 3. The van der Waals surface area contributed by atoms with Crippen LogP contribution in [0.25, 0.3) is 10.9 Å². The highest BCUT2D eigenvalue weighted by Crippen LogP contribution is 2.33. The molecule has 1 atom stereocenters. The Bertz CT molecular complexity index is 1410. The molecule has 2 N–H and O–H groups in total. The van der Waals surface area contributed by atoms with Crippen LogP contribution in [0.5, 0.6) is 0 Å². The van der Waals surface area contributed by atoms with Crippen molar-refractivity contribution in [2.45, 2.75) is 23.5 Å². The second-order valence-electron chi connectivity index (χ2n) is 8.32. The highest BCUT2D eigenvalue weighted by Gasteiger charge is 2.51. The molecule has 178 valence electrons. The Labute approximate surface area is 204 Å². The van der Waals surface area contributed by atoms with Gasteiger partial charge in [0.25, 0.3) is 11.8 Å². The number of nitrogens with one attached hydrogen (secondary N) is 1. The van der Waals surface area contributed by atoms with Crippen LogP contribution in [0.3, 0.4) is 0 Å². The predicted octanol–water partition coefficient (Wildman–Crippen LogP) is 4.26. The second kappa shape index (κ2) is 9.16. The van der Waals surface area contributed by atoms with Crippen molar-refractivity contribution in [1.82, 2.24) is 9.29 Å². The van der Waals surface area contributed by atoms with Crippen LogP contribution >= 0.6 is 11.9 Å². The molecule has 3 aromatic carbocycles. The minimum atomic E-state index is -2.25. The standard InChI is InChI=1S/C26H21F2N3O3S/c27-19-12-17(13-20(28)15-19)16-29-24(32)26(34)9-11-30(25(26)33)21-6-7-23-18(14-21)8-10-31(23)35-22-4-2-1-3-5-22/h1-8,10,12-15,34H,9,11,16H2,(H,29,32)/t26-/m0/s1. The molecular formula is C26H21F2N3O3S. The molecule has 6 nitrogen and oxygen atoms in total. The molecule has 5 rings (SSSR count). The summed E-state index contributed by atoms with van der Waals surface area (Å²) in [5.74, 6) is -3.19. The van der Waals surface area contributed by atoms with E-state index < -0.39 is 29.0 Å². The number of carbonyl (C=O) groups excluding carboxylic acids is 2. The molecule has 1 fully saturated rings. The fraction of sp³-hybridized carbons (Fsp3) is 0.154. The number of anilines is 1. The van der Waals surface area contributed by atoms with Crippen LogP contribution in [-0.2, 0) is 16.1 Å². The van der Waals surface area contributed by atoms with Gasteiger partial charge in [-0.3, -0.25) is 13.6 Å². The Kier molecular flexibility index (Phi) is 6.04. The largest absolute Gasteiger partial charge is 0.372 e. The average Bonchev–Trinajstić information content (AvgIpc) is 3.38. The molecule has 0 spiro atoms. The van der Waals surface area contributed by atoms with Crippen LogP contribution in [0.2, 0.25) is 0 Å². The van der Waals surface area contributed by atoms with Gasteiger partial charge in [0, 0.05) is 47.7 Å². The van der Waals surface area contributed by atoms with Gasteiger partial charge in [-0.1, -0.05) is 18.2 Å². The maximum Gasteiger partial charge on any atom is 0.268 e. The summed E-state index contributed by atoms with van der Waals surface area (Å²) < 4.78 is 28.8. The molecule has 0 saturated carbocycles. The number of hydrogen-bond acceptors (Lipinski definition) is 4. The molecule has 1 aliphatic rings. The molecule has 35 heavy (non-hydrogen) atoms. The average molecular weight is 494 g/mol. The third-order valence-corrected chi connectivity index (χ3v) is 6.94. The maximum absolute atomic E-state index is 13.4. The van der Waals surface area contributed by atoms with E-state index in [1.54, 1.807) is 18.0 Å². The van der Waals surface area contributed by atoms with E-state index in [0.29, 0.717) is 5.69 Å². The Hall–Kier alpha value is -3.69. The third-order valence-electron chi connectivity index (χ3n) is 5.94. The van der Waals surface area contributed by atoms with Crippen LogP contribution in [-0.4, -0.2) is 33.0 Å². The Morgan fingerprint density at radius 1 is 1.03 bits per heavy atom. The van der Waals surface area contributed by atoms with Crippen molar-refractivity contribution in [3.8, 4) is 0 Å². The first-order valence-corrected chi connectivity index (χ1v) is 11.7. The molecule has 1 saturated heterocycles. The Morgan fingerprint density at radius 2 is 1.77 bits per heavy atom. The van der Waals surface area contributed by atoms with Crippen molar-refractivity contribution < 1.29 is 23.5 Å². The maximum atomic E-state index is 13.4. The van der Waals surface area contributed by atoms with E-state index in [1.807, 2.05) is 58.7 Å². The van der Waals surface area contributed by atoms with E-state index in [1.165, 1.54) is 4.90 Å². The van der Waals surface area contributed by atoms with Gasteiger partial charge in [-0.05, 0) is 66.0 Å². The number of hydrogen-bond donors (Lipinski definition) is 2. The Balaban J connectivity index is 1.30. The monoisotopic (exact) mass is 493 g/mol. The lowest BCUT2D eigenvalue weighted by atomic mass is 10.0. The molecule has 0 unspecified atom stereocenters. The molecule has 0 aliphatic carbocycles. The van der Waals surface area contributed by atoms with Crippen molar-refractivity contribution in [2.75, 3.05) is 11.4 Å². The predicted molar refractivity (Wildman–Crippen MR) is 130 cm³/mol. The summed E-state index contributed by atoms with van der Waals surface area (Å²) >= 11 is 1.57. The molecule has 0 radical (unpaired) electrons. The van der Waals surface area contributed by atoms with E-state index in [2.05, 4.69) is 5.32 Å². The summed E-state index contributed by atoms with van der Waals surface area (Å²) in [6.45, 7) is -0.0655. The number of aromatic nitrogens is 1. The lowest BCUT2D eigenvalue weighted by Crippen LogP contribution is -2.52. The normalized spacial score (nSPS) is 17.8. The molecule has 1 aliphatic heterocycles. The van der Waals surface area contributed by atoms with Crippen molar-refractivity contribution >= 4 is 40.4 Å². The molecular weight excluding hydrogens is 472 g/mol. The number of fused-ring (bicyclic) bond motifs is 1. The van der Waals surface area contributed by atoms with E-state index in [9.17, 15) is 23.5 Å². The van der Waals surface area contributed by atoms with E-state index >= 15 is 0 Å². The lowest BCUT2D eigenvalue weighted by Gasteiger charge is -2.22. The van der Waals surface area contributed by atoms with Crippen molar-refractivity contribution in [2.24, 2.45) is 0 Å². The number of amides is 2. The summed E-state index contributed by atoms with van der Waals surface area (Å²) in [5, 5.41) is 14.2. The first-order chi connectivity index (χ1) is 16.8. The highest BCUT2D eigenvalue weighted by atomic mass is 32.2. The SMILES string of the molecule is O=C(NCc1cc(F)cc(F)c1)[C@@]1(O)CCN(c2ccc3c(ccn3Sc3ccccc3)c2)C1=O. The van der Waals surface area contributed by atoms with Gasteiger partial charge in [-0.15, -0.1) is 0 Å². The molecule has 4 aromatic rings. The van der Waals surface area contributed by atoms with Crippen molar-refractivity contribution in [3.63, 3.8) is 0 Å². The number of aliphatic hydroxyl groups is 1. The first kappa shape index (κ1) is 23.1. The number of rotatable bonds is 6. The summed E-state index contributed by atoms with van der Waals surface area (Å²) in [7, 11) is 0. The molecule has 2 heterocycles. The number of nitrogens with zero attached hydrogens (tertiary/aromatic N) is 2. The zero-order valence-corrected chi connectivity index (χ0v) is 19.3. The zero-order chi connectivity index (χ0) is 24.6. The minimum Gasteiger partial charge on any atom is -0.372 e. The van der Waals surface area contributed by atoms with Gasteiger partial charge in [0.05, 0.1) is 5.52 Å². The second-order valence-corrected chi connectivity index (χ2v) is 9.36. The van der Waals surface area contributed by atoms with Gasteiger partial charge in [-0.25, -0.2) is 8.78 Å². The Morgan fingerprint density at radius 3 is 2.51 bits per heavy atom. The quantitative estimate of drug-likeness (QED) is 0.394. The smallest absolute Gasteiger partial charge is 0.268 e. The zero-order valence-electron chi connectivity index (χ0n) is 18.4. The van der Waals surface area contributed by atoms with Crippen LogP contribution in [0, 0.1) is 11.6 Å². The highest BCUT2D eigenvalue weighted by molar-refractivity contribution is 7.98. The fourth-order valence-corrected chi connectivity index (χ4v) is 5.04. The van der Waals surface area contributed by atoms with E-state index in [0.717, 1.165) is 34.0 Å². The van der Waals surface area contributed by atoms with Crippen molar-refractivity contribution in [3.05, 3.63) is 96.2 Å². The third kappa shape index (κ3) is 4.52. The van der Waals surface area contributed by atoms with Gasteiger partial charge in [0.15, 0.2) is 0 Å². The lowest BCUT2D eigenvalue weighted by molar-refractivity contribution is -0.149. The molecule has 1 aromatic heterocycles. The molecule has 0 bridgehead atoms. The topological polar surface area (TPSA) is 74.6 Å². The molecule has 9 heteroatoms. The number of halogens is 2. The van der Waals surface area contributed by atoms with E-state index in [-0.39, 0.29) is 25.1 Å². The molecule has 2 amide bonds. The van der Waals surface area contributed by atoms with Crippen LogP contribution in [0.15, 0.2) is 83.9 Å². The summed E-state index contributed by atoms with van der Waals surface area (Å²) in [6.07, 6.45) is 1.84. The van der Waals surface area contributed by atoms with Crippen LogP contribution in [0.4, 0.5) is 14.5 Å². The van der Waals surface area contributed by atoms with Gasteiger partial charge in [-0.2, -0.15) is 0 Å². The van der Waals surface area contributed by atoms with Crippen LogP contribution < -0.4 is 10.2 Å². The van der Waals surface area contributed by atoms with E-state index in [4.69, 9.17) is 0 Å². The first-order valence-electron chi connectivity index (χ1n) is 11.0. The van der Waals surface area contributed by atoms with Gasteiger partial charge < -0.3 is 15.3 Å². The summed E-state index contributed by atoms with van der Waals surface area (Å²) in [4.78, 5) is 28.2.